The standard InChI is InChI=1S/C19H20BNO5S/c1-21(19(20)22)17-9-5-15(6-10-17)3-4-16-7-11-18(12-8-16)25-13-14-26-27(2,23)24/h3-12H,13-14H2,1-2H3. The molecule has 6 nitrogen and oxygen atoms in total. The van der Waals surface area contributed by atoms with Gasteiger partial charge in [-0.25, -0.2) is 0 Å². The van der Waals surface area contributed by atoms with Crippen molar-refractivity contribution < 1.29 is 22.1 Å². The van der Waals surface area contributed by atoms with E-state index in [1.807, 2.05) is 48.6 Å². The molecule has 0 heterocycles. The summed E-state index contributed by atoms with van der Waals surface area (Å²) in [5.41, 5.74) is 2.68. The topological polar surface area (TPSA) is 72.9 Å². The minimum Gasteiger partial charge on any atom is -0.491 e. The highest BCUT2D eigenvalue weighted by atomic mass is 32.2. The van der Waals surface area contributed by atoms with Crippen molar-refractivity contribution in [3.05, 3.63) is 59.7 Å². The summed E-state index contributed by atoms with van der Waals surface area (Å²) in [4.78, 5) is 12.5. The minimum atomic E-state index is -3.45. The van der Waals surface area contributed by atoms with Gasteiger partial charge in [-0.05, 0) is 35.4 Å². The third-order valence-electron chi connectivity index (χ3n) is 3.61. The molecule has 0 unspecified atom stereocenters. The molecule has 0 N–H and O–H groups in total. The molecule has 0 aromatic heterocycles. The fourth-order valence-corrected chi connectivity index (χ4v) is 2.52. The van der Waals surface area contributed by atoms with Gasteiger partial charge in [0.15, 0.2) is 5.81 Å². The molecular formula is C19H20BNO5S. The second kappa shape index (κ2) is 9.39. The van der Waals surface area contributed by atoms with Crippen LogP contribution in [0.25, 0.3) is 12.2 Å². The van der Waals surface area contributed by atoms with Crippen LogP contribution in [0.5, 0.6) is 5.75 Å². The minimum absolute atomic E-state index is 0.0264. The van der Waals surface area contributed by atoms with E-state index in [9.17, 15) is 13.2 Å². The van der Waals surface area contributed by atoms with Gasteiger partial charge in [-0.2, -0.15) is 8.42 Å². The zero-order valence-corrected chi connectivity index (χ0v) is 16.0. The summed E-state index contributed by atoms with van der Waals surface area (Å²) >= 11 is 0. The number of ether oxygens (including phenoxy) is 1. The van der Waals surface area contributed by atoms with Crippen LogP contribution in [0.2, 0.25) is 0 Å². The number of rotatable bonds is 8. The van der Waals surface area contributed by atoms with E-state index in [4.69, 9.17) is 12.6 Å². The molecule has 2 radical (unpaired) electrons. The summed E-state index contributed by atoms with van der Waals surface area (Å²) in [6.07, 6.45) is 4.89. The predicted molar refractivity (Wildman–Crippen MR) is 108 cm³/mol. The number of anilines is 1. The van der Waals surface area contributed by atoms with E-state index in [0.717, 1.165) is 23.1 Å². The maximum absolute atomic E-state index is 11.1. The molecule has 0 saturated carbocycles. The van der Waals surface area contributed by atoms with Crippen LogP contribution in [0.1, 0.15) is 11.1 Å². The Morgan fingerprint density at radius 2 is 1.52 bits per heavy atom. The van der Waals surface area contributed by atoms with E-state index in [2.05, 4.69) is 4.18 Å². The van der Waals surface area contributed by atoms with Gasteiger partial charge in [-0.15, -0.1) is 0 Å². The quantitative estimate of drug-likeness (QED) is 0.302. The van der Waals surface area contributed by atoms with Crippen LogP contribution < -0.4 is 9.64 Å². The second-order valence-electron chi connectivity index (χ2n) is 5.77. The molecule has 140 valence electrons. The Balaban J connectivity index is 1.89. The SMILES string of the molecule is [B]C(=O)N(C)c1ccc(C=Cc2ccc(OCCOS(C)(=O)=O)cc2)cc1. The van der Waals surface area contributed by atoms with Gasteiger partial charge >= 0.3 is 0 Å². The van der Waals surface area contributed by atoms with Crippen LogP contribution in [0.4, 0.5) is 10.5 Å². The summed E-state index contributed by atoms with van der Waals surface area (Å²) in [5.74, 6) is 0.117. The highest BCUT2D eigenvalue weighted by Gasteiger charge is 2.04. The van der Waals surface area contributed by atoms with Crippen LogP contribution in [-0.4, -0.2) is 48.6 Å². The Morgan fingerprint density at radius 1 is 1.00 bits per heavy atom. The second-order valence-corrected chi connectivity index (χ2v) is 7.41. The van der Waals surface area contributed by atoms with Gasteiger partial charge in [0.25, 0.3) is 10.1 Å². The Morgan fingerprint density at radius 3 is 2.00 bits per heavy atom. The molecule has 0 spiro atoms. The number of amides is 1. The van der Waals surface area contributed by atoms with Gasteiger partial charge < -0.3 is 9.64 Å². The molecule has 2 aromatic carbocycles. The largest absolute Gasteiger partial charge is 0.491 e. The van der Waals surface area contributed by atoms with Gasteiger partial charge in [0.1, 0.15) is 19.0 Å². The number of nitrogens with zero attached hydrogens (tertiary/aromatic N) is 1. The smallest absolute Gasteiger partial charge is 0.264 e. The highest BCUT2D eigenvalue weighted by Crippen LogP contribution is 2.17. The van der Waals surface area contributed by atoms with Crippen LogP contribution >= 0.6 is 0 Å². The van der Waals surface area contributed by atoms with Crippen molar-refractivity contribution in [1.82, 2.24) is 0 Å². The fraction of sp³-hybridized carbons (Fsp3) is 0.211. The average molecular weight is 385 g/mol. The first-order valence-electron chi connectivity index (χ1n) is 8.13. The molecule has 1 amide bonds. The molecule has 0 bridgehead atoms. The lowest BCUT2D eigenvalue weighted by Gasteiger charge is -2.15. The average Bonchev–Trinajstić information content (AvgIpc) is 2.63. The first-order valence-corrected chi connectivity index (χ1v) is 9.95. The summed E-state index contributed by atoms with van der Waals surface area (Å²) in [7, 11) is 3.41. The van der Waals surface area contributed by atoms with Gasteiger partial charge in [-0.1, -0.05) is 36.4 Å². The number of carbonyl (C=O) groups excluding carboxylic acids is 1. The van der Waals surface area contributed by atoms with Crippen molar-refractivity contribution in [2.24, 2.45) is 0 Å². The van der Waals surface area contributed by atoms with Gasteiger partial charge in [0.2, 0.25) is 7.85 Å². The molecule has 0 aliphatic rings. The first-order chi connectivity index (χ1) is 12.7. The molecule has 0 saturated heterocycles. The zero-order chi connectivity index (χ0) is 19.9. The summed E-state index contributed by atoms with van der Waals surface area (Å²) in [5, 5.41) is 0. The maximum Gasteiger partial charge on any atom is 0.264 e. The van der Waals surface area contributed by atoms with Crippen molar-refractivity contribution in [2.75, 3.05) is 31.4 Å². The van der Waals surface area contributed by atoms with E-state index in [1.165, 1.54) is 4.90 Å². The molecule has 2 rings (SSSR count). The molecule has 0 atom stereocenters. The number of carbonyl (C=O) groups is 1. The Bertz CT molecular complexity index is 893. The zero-order valence-electron chi connectivity index (χ0n) is 15.2. The fourth-order valence-electron chi connectivity index (χ4n) is 2.15. The molecule has 27 heavy (non-hydrogen) atoms. The van der Waals surface area contributed by atoms with Gasteiger partial charge in [0.05, 0.1) is 6.26 Å². The van der Waals surface area contributed by atoms with Crippen molar-refractivity contribution in [3.63, 3.8) is 0 Å². The number of benzene rings is 2. The summed E-state index contributed by atoms with van der Waals surface area (Å²) < 4.78 is 31.7. The van der Waals surface area contributed by atoms with Crippen molar-refractivity contribution in [2.45, 2.75) is 0 Å². The van der Waals surface area contributed by atoms with Crippen molar-refractivity contribution in [1.29, 1.82) is 0 Å². The third-order valence-corrected chi connectivity index (χ3v) is 4.20. The summed E-state index contributed by atoms with van der Waals surface area (Å²) in [6, 6.07) is 14.8. The van der Waals surface area contributed by atoms with E-state index in [1.54, 1.807) is 19.2 Å². The van der Waals surface area contributed by atoms with Gasteiger partial charge in [0, 0.05) is 12.7 Å². The Labute approximate surface area is 160 Å². The van der Waals surface area contributed by atoms with E-state index >= 15 is 0 Å². The third kappa shape index (κ3) is 7.28. The van der Waals surface area contributed by atoms with E-state index in [0.29, 0.717) is 5.75 Å². The lowest BCUT2D eigenvalue weighted by molar-refractivity contribution is 0.222. The molecule has 0 aliphatic carbocycles. The first kappa shape index (κ1) is 20.7. The molecule has 0 fully saturated rings. The van der Waals surface area contributed by atoms with E-state index in [-0.39, 0.29) is 13.2 Å². The Hall–Kier alpha value is -2.58. The lowest BCUT2D eigenvalue weighted by Crippen LogP contribution is -2.24. The molecule has 2 aromatic rings. The normalized spacial score (nSPS) is 11.5. The van der Waals surface area contributed by atoms with Crippen LogP contribution in [0.15, 0.2) is 48.5 Å². The predicted octanol–water partition coefficient (Wildman–Crippen LogP) is 2.94. The van der Waals surface area contributed by atoms with Crippen LogP contribution in [0.3, 0.4) is 0 Å². The highest BCUT2D eigenvalue weighted by molar-refractivity contribution is 7.85. The van der Waals surface area contributed by atoms with Crippen molar-refractivity contribution >= 4 is 41.6 Å². The maximum atomic E-state index is 11.1. The molecule has 0 aliphatic heterocycles. The van der Waals surface area contributed by atoms with Crippen LogP contribution in [0, 0.1) is 0 Å². The summed E-state index contributed by atoms with van der Waals surface area (Å²) in [6.45, 7) is 0.121. The Kier molecular flexibility index (Phi) is 7.21. The molecule has 8 heteroatoms. The van der Waals surface area contributed by atoms with Crippen LogP contribution in [-0.2, 0) is 14.3 Å². The monoisotopic (exact) mass is 385 g/mol. The molecular weight excluding hydrogens is 365 g/mol. The number of hydrogen-bond donors (Lipinski definition) is 0. The van der Waals surface area contributed by atoms with Gasteiger partial charge in [-0.3, -0.25) is 8.98 Å². The lowest BCUT2D eigenvalue weighted by atomic mass is 10.1. The number of hydrogen-bond acceptors (Lipinski definition) is 5. The van der Waals surface area contributed by atoms with Crippen molar-refractivity contribution in [3.8, 4) is 5.75 Å². The van der Waals surface area contributed by atoms with E-state index < -0.39 is 15.9 Å².